The van der Waals surface area contributed by atoms with Gasteiger partial charge in [0, 0.05) is 0 Å². The average molecular weight is 1150 g/mol. The molecule has 0 heteroatoms. The summed E-state index contributed by atoms with van der Waals surface area (Å²) in [6.07, 6.45) is 114. The lowest BCUT2D eigenvalue weighted by molar-refractivity contribution is 0.0314. The van der Waals surface area contributed by atoms with Crippen LogP contribution in [0.4, 0.5) is 0 Å². The van der Waals surface area contributed by atoms with Crippen molar-refractivity contribution in [3.8, 4) is 0 Å². The first kappa shape index (κ1) is 65.9. The topological polar surface area (TPSA) is 0 Å². The molecular weight excluding hydrogens is 997 g/mol. The summed E-state index contributed by atoms with van der Waals surface area (Å²) in [6.45, 7) is 0. The van der Waals surface area contributed by atoms with Crippen molar-refractivity contribution in [3.05, 3.63) is 0 Å². The Kier molecular flexibility index (Phi) is 26.1. The highest BCUT2D eigenvalue weighted by molar-refractivity contribution is 4.99. The zero-order chi connectivity index (χ0) is 56.8. The number of hydrogen-bond donors (Lipinski definition) is 0. The third kappa shape index (κ3) is 20.0. The SMILES string of the molecule is C1CC2(C1)CC2.C1CC2(C1)CCC2.C1CCC2(C1)CCC2.C1CCC2(C1)CCCC2.C1CCC2(CC1)CCC2.C1CCC2(CC1)CCCC2.C1CCC2(CC1)CCCCC2.C1CCCC2(CC1)CCCC2.C1CCCC2(CC1)CCCCC2. The van der Waals surface area contributed by atoms with Gasteiger partial charge in [-0.2, -0.15) is 0 Å². The van der Waals surface area contributed by atoms with Crippen LogP contribution in [0.3, 0.4) is 0 Å². The van der Waals surface area contributed by atoms with Crippen LogP contribution in [-0.4, -0.2) is 0 Å². The lowest BCUT2D eigenvalue weighted by atomic mass is 9.56. The molecule has 0 unspecified atom stereocenters. The van der Waals surface area contributed by atoms with E-state index in [0.717, 1.165) is 48.7 Å². The van der Waals surface area contributed by atoms with Crippen LogP contribution in [0.25, 0.3) is 0 Å². The lowest BCUT2D eigenvalue weighted by Crippen LogP contribution is -2.35. The fourth-order valence-corrected chi connectivity index (χ4v) is 23.2. The minimum atomic E-state index is 0.842. The highest BCUT2D eigenvalue weighted by Crippen LogP contribution is 2.61. The van der Waals surface area contributed by atoms with Crippen LogP contribution in [-0.2, 0) is 0 Å². The van der Waals surface area contributed by atoms with Gasteiger partial charge in [0.25, 0.3) is 0 Å². The second-order valence-electron chi connectivity index (χ2n) is 35.9. The Balaban J connectivity index is 0.000000105. The van der Waals surface area contributed by atoms with E-state index in [4.69, 9.17) is 0 Å². The zero-order valence-corrected chi connectivity index (χ0v) is 56.8. The maximum atomic E-state index is 1.56. The summed E-state index contributed by atoms with van der Waals surface area (Å²) in [5.41, 5.74) is 8.05. The Morgan fingerprint density at radius 2 is 0.133 bits per heavy atom. The van der Waals surface area contributed by atoms with Gasteiger partial charge in [-0.3, -0.25) is 0 Å². The van der Waals surface area contributed by atoms with Crippen molar-refractivity contribution in [2.75, 3.05) is 0 Å². The van der Waals surface area contributed by atoms with Gasteiger partial charge in [0.05, 0.1) is 0 Å². The molecule has 0 N–H and O–H groups in total. The van der Waals surface area contributed by atoms with E-state index in [9.17, 15) is 0 Å². The summed E-state index contributed by atoms with van der Waals surface area (Å²) in [5.74, 6) is 0. The molecule has 18 saturated carbocycles. The van der Waals surface area contributed by atoms with Crippen molar-refractivity contribution < 1.29 is 0 Å². The Labute approximate surface area is 521 Å². The van der Waals surface area contributed by atoms with E-state index in [-0.39, 0.29) is 0 Å². The van der Waals surface area contributed by atoms with Gasteiger partial charge in [0.1, 0.15) is 0 Å². The maximum Gasteiger partial charge on any atom is -0.0297 e. The summed E-state index contributed by atoms with van der Waals surface area (Å²) in [7, 11) is 0. The van der Waals surface area contributed by atoms with E-state index in [2.05, 4.69) is 0 Å². The molecule has 83 heavy (non-hydrogen) atoms. The Bertz CT molecular complexity index is 1610. The first-order valence-corrected chi connectivity index (χ1v) is 40.7. The third-order valence-corrected chi connectivity index (χ3v) is 30.2. The summed E-state index contributed by atoms with van der Waals surface area (Å²) in [6, 6.07) is 0. The standard InChI is InChI=1S/C12H22.2C11H20.C10H18.2C9H16.C8H14.C7H12.C6H10/c1-2-5-9-12(8-4-1)10-6-3-7-11-12;1-3-7-11(8-4-1)9-5-2-6-10-11;1-2-4-8-11(7-3-1)9-5-6-10-11;1-2-6-10(7-3-1)8-4-5-9-10;1-2-6-9(5-1)7-3-4-8-9;1-2-5-9(6-3-1)7-4-8-9;1-2-5-8(4-1)6-3-7-8;1-3-7(4-1)5-2-6-7;1-2-6(3-1)4-5-6/h1-11H2;2*1-10H2;1-9H2;2*1-8H2;1-7H2;1-6H2;1-5H2. The number of rotatable bonds is 0. The van der Waals surface area contributed by atoms with Gasteiger partial charge in [0.15, 0.2) is 0 Å². The molecule has 480 valence electrons. The summed E-state index contributed by atoms with van der Waals surface area (Å²) in [4.78, 5) is 0. The van der Waals surface area contributed by atoms with Crippen LogP contribution in [0.1, 0.15) is 475 Å². The van der Waals surface area contributed by atoms with E-state index in [0.29, 0.717) is 0 Å². The Hall–Kier alpha value is 0. The molecule has 0 bridgehead atoms. The summed E-state index contributed by atoms with van der Waals surface area (Å²) in [5, 5.41) is 0. The monoisotopic (exact) mass is 1150 g/mol. The molecule has 0 radical (unpaired) electrons. The van der Waals surface area contributed by atoms with Crippen molar-refractivity contribution >= 4 is 0 Å². The van der Waals surface area contributed by atoms with Gasteiger partial charge in [-0.25, -0.2) is 0 Å². The van der Waals surface area contributed by atoms with Crippen LogP contribution >= 0.6 is 0 Å². The minimum absolute atomic E-state index is 0.842. The molecule has 18 fully saturated rings. The van der Waals surface area contributed by atoms with Crippen molar-refractivity contribution in [2.45, 2.75) is 475 Å². The molecule has 0 nitrogen and oxygen atoms in total. The van der Waals surface area contributed by atoms with Crippen LogP contribution in [0.2, 0.25) is 0 Å². The smallest absolute Gasteiger partial charge is 0.0297 e. The molecule has 18 rings (SSSR count). The first-order chi connectivity index (χ1) is 40.7. The van der Waals surface area contributed by atoms with Gasteiger partial charge >= 0.3 is 0 Å². The molecule has 0 aromatic heterocycles. The van der Waals surface area contributed by atoms with Gasteiger partial charge in [-0.1, -0.05) is 244 Å². The maximum absolute atomic E-state index is 1.56. The quantitative estimate of drug-likeness (QED) is 0.227. The van der Waals surface area contributed by atoms with E-state index in [1.807, 2.05) is 0 Å². The predicted molar refractivity (Wildman–Crippen MR) is 364 cm³/mol. The zero-order valence-electron chi connectivity index (χ0n) is 56.8. The Morgan fingerprint density at radius 3 is 0.205 bits per heavy atom. The van der Waals surface area contributed by atoms with Crippen LogP contribution in [0, 0.1) is 48.7 Å². The first-order valence-electron chi connectivity index (χ1n) is 40.7. The van der Waals surface area contributed by atoms with Crippen LogP contribution < -0.4 is 0 Å². The molecule has 0 aromatic carbocycles. The minimum Gasteiger partial charge on any atom is -0.0533 e. The second-order valence-corrected chi connectivity index (χ2v) is 35.9. The molecule has 0 heterocycles. The van der Waals surface area contributed by atoms with E-state index in [1.54, 1.807) is 231 Å². The van der Waals surface area contributed by atoms with E-state index < -0.39 is 0 Å². The van der Waals surface area contributed by atoms with Crippen molar-refractivity contribution in [1.82, 2.24) is 0 Å². The fraction of sp³-hybridized carbons (Fsp3) is 1.00. The molecule has 0 saturated heterocycles. The van der Waals surface area contributed by atoms with E-state index >= 15 is 0 Å². The van der Waals surface area contributed by atoms with E-state index in [1.165, 1.54) is 244 Å². The Morgan fingerprint density at radius 1 is 0.0602 bits per heavy atom. The molecule has 18 aliphatic carbocycles. The molecular formula is C83H148. The fourth-order valence-electron chi connectivity index (χ4n) is 23.2. The summed E-state index contributed by atoms with van der Waals surface area (Å²) < 4.78 is 0. The van der Waals surface area contributed by atoms with Crippen molar-refractivity contribution in [3.63, 3.8) is 0 Å². The van der Waals surface area contributed by atoms with Gasteiger partial charge in [-0.15, -0.1) is 0 Å². The molecule has 18 aliphatic rings. The summed E-state index contributed by atoms with van der Waals surface area (Å²) >= 11 is 0. The molecule has 0 amide bonds. The van der Waals surface area contributed by atoms with Gasteiger partial charge in [0.2, 0.25) is 0 Å². The van der Waals surface area contributed by atoms with Gasteiger partial charge in [-0.05, 0) is 280 Å². The third-order valence-electron chi connectivity index (χ3n) is 30.2. The van der Waals surface area contributed by atoms with Crippen molar-refractivity contribution in [2.24, 2.45) is 48.7 Å². The largest absolute Gasteiger partial charge is 0.0533 e. The van der Waals surface area contributed by atoms with Crippen LogP contribution in [0.5, 0.6) is 0 Å². The predicted octanol–water partition coefficient (Wildman–Crippen LogP) is 28.9. The average Bonchev–Trinajstić information content (AvgIpc) is 4.23. The molecule has 0 aromatic rings. The molecule has 0 atom stereocenters. The van der Waals surface area contributed by atoms with Crippen molar-refractivity contribution in [1.29, 1.82) is 0 Å². The van der Waals surface area contributed by atoms with Gasteiger partial charge < -0.3 is 0 Å². The molecule has 0 aliphatic heterocycles. The second kappa shape index (κ2) is 32.8. The lowest BCUT2D eigenvalue weighted by Gasteiger charge is -2.49. The number of hydrogen-bond acceptors (Lipinski definition) is 0. The highest BCUT2D eigenvalue weighted by Gasteiger charge is 2.47. The highest BCUT2D eigenvalue weighted by atomic mass is 14.5. The molecule has 9 spiro atoms. The van der Waals surface area contributed by atoms with Crippen LogP contribution in [0.15, 0.2) is 0 Å². The normalized spacial score (nSPS) is 31.8.